The molecule has 0 heterocycles. The molecule has 1 nitrogen and oxygen atoms in total. The van der Waals surface area contributed by atoms with E-state index in [1.54, 1.807) is 5.57 Å². The molecule has 1 rings (SSSR count). The van der Waals surface area contributed by atoms with E-state index in [1.807, 2.05) is 12.2 Å². The Morgan fingerprint density at radius 1 is 1.17 bits per heavy atom. The fourth-order valence-electron chi connectivity index (χ4n) is 1.51. The second-order valence-electron chi connectivity index (χ2n) is 3.22. The SMILES string of the molecule is O=CC/C=C/C=C1CCCCC1. The van der Waals surface area contributed by atoms with Crippen LogP contribution in [0.3, 0.4) is 0 Å². The quantitative estimate of drug-likeness (QED) is 0.586. The molecule has 12 heavy (non-hydrogen) atoms. The van der Waals surface area contributed by atoms with Crippen molar-refractivity contribution in [1.82, 2.24) is 0 Å². The van der Waals surface area contributed by atoms with Gasteiger partial charge in [-0.25, -0.2) is 0 Å². The highest BCUT2D eigenvalue weighted by Gasteiger charge is 2.02. The van der Waals surface area contributed by atoms with Crippen LogP contribution < -0.4 is 0 Å². The summed E-state index contributed by atoms with van der Waals surface area (Å²) < 4.78 is 0. The third-order valence-electron chi connectivity index (χ3n) is 2.20. The van der Waals surface area contributed by atoms with Crippen molar-refractivity contribution in [1.29, 1.82) is 0 Å². The molecule has 0 radical (unpaired) electrons. The summed E-state index contributed by atoms with van der Waals surface area (Å²) in [6, 6.07) is 0. The molecule has 1 fully saturated rings. The van der Waals surface area contributed by atoms with Crippen molar-refractivity contribution in [2.45, 2.75) is 38.5 Å². The van der Waals surface area contributed by atoms with Crippen LogP contribution in [0, 0.1) is 0 Å². The molecule has 66 valence electrons. The number of carbonyl (C=O) groups is 1. The zero-order valence-electron chi connectivity index (χ0n) is 7.46. The number of allylic oxidation sites excluding steroid dienone is 4. The number of hydrogen-bond donors (Lipinski definition) is 0. The predicted molar refractivity (Wildman–Crippen MR) is 51.0 cm³/mol. The van der Waals surface area contributed by atoms with Crippen LogP contribution >= 0.6 is 0 Å². The van der Waals surface area contributed by atoms with Crippen LogP contribution in [0.15, 0.2) is 23.8 Å². The molecule has 0 aromatic heterocycles. The topological polar surface area (TPSA) is 17.1 Å². The lowest BCUT2D eigenvalue weighted by molar-refractivity contribution is -0.107. The molecule has 1 aliphatic rings. The Kier molecular flexibility index (Phi) is 4.43. The van der Waals surface area contributed by atoms with E-state index in [4.69, 9.17) is 0 Å². The molecule has 0 unspecified atom stereocenters. The Morgan fingerprint density at radius 2 is 1.92 bits per heavy atom. The maximum absolute atomic E-state index is 9.98. The minimum absolute atomic E-state index is 0.545. The van der Waals surface area contributed by atoms with Crippen LogP contribution in [0.4, 0.5) is 0 Å². The zero-order chi connectivity index (χ0) is 8.65. The third kappa shape index (κ3) is 3.51. The van der Waals surface area contributed by atoms with Crippen LogP contribution in [-0.4, -0.2) is 6.29 Å². The van der Waals surface area contributed by atoms with Crippen molar-refractivity contribution in [2.24, 2.45) is 0 Å². The molecule has 0 bridgehead atoms. The highest BCUT2D eigenvalue weighted by Crippen LogP contribution is 2.22. The van der Waals surface area contributed by atoms with Crippen LogP contribution in [0.2, 0.25) is 0 Å². The van der Waals surface area contributed by atoms with Gasteiger partial charge in [-0.2, -0.15) is 0 Å². The van der Waals surface area contributed by atoms with Gasteiger partial charge in [0, 0.05) is 6.42 Å². The molecular weight excluding hydrogens is 148 g/mol. The lowest BCUT2D eigenvalue weighted by Gasteiger charge is -2.12. The van der Waals surface area contributed by atoms with Crippen LogP contribution in [0.5, 0.6) is 0 Å². The lowest BCUT2D eigenvalue weighted by atomic mass is 9.95. The van der Waals surface area contributed by atoms with Crippen molar-refractivity contribution in [3.63, 3.8) is 0 Å². The third-order valence-corrected chi connectivity index (χ3v) is 2.20. The summed E-state index contributed by atoms with van der Waals surface area (Å²) in [5, 5.41) is 0. The predicted octanol–water partition coefficient (Wildman–Crippen LogP) is 3.02. The van der Waals surface area contributed by atoms with Gasteiger partial charge < -0.3 is 4.79 Å². The highest BCUT2D eigenvalue weighted by atomic mass is 16.1. The molecule has 0 amide bonds. The smallest absolute Gasteiger partial charge is 0.123 e. The Hall–Kier alpha value is -0.850. The van der Waals surface area contributed by atoms with E-state index in [1.165, 1.54) is 32.1 Å². The molecule has 0 aromatic rings. The molecule has 1 aliphatic carbocycles. The maximum Gasteiger partial charge on any atom is 0.123 e. The van der Waals surface area contributed by atoms with Gasteiger partial charge in [0.15, 0.2) is 0 Å². The van der Waals surface area contributed by atoms with Crippen molar-refractivity contribution >= 4 is 6.29 Å². The minimum atomic E-state index is 0.545. The van der Waals surface area contributed by atoms with Gasteiger partial charge >= 0.3 is 0 Å². The van der Waals surface area contributed by atoms with Crippen molar-refractivity contribution in [2.75, 3.05) is 0 Å². The molecular formula is C11H16O. The van der Waals surface area contributed by atoms with Gasteiger partial charge in [0.1, 0.15) is 6.29 Å². The van der Waals surface area contributed by atoms with Gasteiger partial charge in [-0.1, -0.05) is 30.2 Å². The van der Waals surface area contributed by atoms with Crippen molar-refractivity contribution < 1.29 is 4.79 Å². The average molecular weight is 164 g/mol. The number of carbonyl (C=O) groups excluding carboxylic acids is 1. The van der Waals surface area contributed by atoms with E-state index >= 15 is 0 Å². The summed E-state index contributed by atoms with van der Waals surface area (Å²) in [5.74, 6) is 0. The lowest BCUT2D eigenvalue weighted by Crippen LogP contribution is -1.92. The molecule has 0 aliphatic heterocycles. The summed E-state index contributed by atoms with van der Waals surface area (Å²) >= 11 is 0. The standard InChI is InChI=1S/C11H16O/c12-10-6-2-5-9-11-7-3-1-4-8-11/h2,5,9-10H,1,3-4,6-8H2/b5-2+. The van der Waals surface area contributed by atoms with Crippen LogP contribution in [-0.2, 0) is 4.79 Å². The highest BCUT2D eigenvalue weighted by molar-refractivity contribution is 5.52. The molecule has 1 saturated carbocycles. The summed E-state index contributed by atoms with van der Waals surface area (Å²) in [6.45, 7) is 0. The van der Waals surface area contributed by atoms with E-state index in [0.717, 1.165) is 6.29 Å². The van der Waals surface area contributed by atoms with E-state index in [-0.39, 0.29) is 0 Å². The van der Waals surface area contributed by atoms with Crippen LogP contribution in [0.1, 0.15) is 38.5 Å². The van der Waals surface area contributed by atoms with E-state index in [2.05, 4.69) is 6.08 Å². The van der Waals surface area contributed by atoms with Gasteiger partial charge in [-0.05, 0) is 25.7 Å². The molecule has 0 N–H and O–H groups in total. The fourth-order valence-corrected chi connectivity index (χ4v) is 1.51. The first-order valence-electron chi connectivity index (χ1n) is 4.71. The number of rotatable bonds is 3. The van der Waals surface area contributed by atoms with E-state index in [0.29, 0.717) is 6.42 Å². The second kappa shape index (κ2) is 5.76. The fraction of sp³-hybridized carbons (Fsp3) is 0.545. The zero-order valence-corrected chi connectivity index (χ0v) is 7.46. The molecule has 0 saturated heterocycles. The normalized spacial score (nSPS) is 18.2. The van der Waals surface area contributed by atoms with E-state index in [9.17, 15) is 4.79 Å². The summed E-state index contributed by atoms with van der Waals surface area (Å²) in [7, 11) is 0. The Bertz CT molecular complexity index is 181. The first kappa shape index (κ1) is 9.24. The first-order chi connectivity index (χ1) is 5.93. The van der Waals surface area contributed by atoms with Crippen molar-refractivity contribution in [3.05, 3.63) is 23.8 Å². The average Bonchev–Trinajstić information content (AvgIpc) is 2.14. The van der Waals surface area contributed by atoms with Gasteiger partial charge in [0.25, 0.3) is 0 Å². The summed E-state index contributed by atoms with van der Waals surface area (Å²) in [6.07, 6.45) is 14.1. The monoisotopic (exact) mass is 164 g/mol. The Balaban J connectivity index is 2.28. The molecule has 0 spiro atoms. The van der Waals surface area contributed by atoms with Crippen LogP contribution in [0.25, 0.3) is 0 Å². The number of aldehydes is 1. The first-order valence-corrected chi connectivity index (χ1v) is 4.71. The molecule has 1 heteroatoms. The largest absolute Gasteiger partial charge is 0.303 e. The Morgan fingerprint density at radius 3 is 2.58 bits per heavy atom. The Labute approximate surface area is 74.2 Å². The minimum Gasteiger partial charge on any atom is -0.303 e. The van der Waals surface area contributed by atoms with Crippen molar-refractivity contribution in [3.8, 4) is 0 Å². The van der Waals surface area contributed by atoms with Gasteiger partial charge in [-0.15, -0.1) is 0 Å². The van der Waals surface area contributed by atoms with Gasteiger partial charge in [0.2, 0.25) is 0 Å². The summed E-state index contributed by atoms with van der Waals surface area (Å²) in [4.78, 5) is 9.98. The number of hydrogen-bond acceptors (Lipinski definition) is 1. The molecule has 0 atom stereocenters. The summed E-state index contributed by atoms with van der Waals surface area (Å²) in [5.41, 5.74) is 1.54. The maximum atomic E-state index is 9.98. The van der Waals surface area contributed by atoms with E-state index < -0.39 is 0 Å². The van der Waals surface area contributed by atoms with Gasteiger partial charge in [-0.3, -0.25) is 0 Å². The molecule has 0 aromatic carbocycles. The van der Waals surface area contributed by atoms with Gasteiger partial charge in [0.05, 0.1) is 0 Å². The second-order valence-corrected chi connectivity index (χ2v) is 3.22.